The highest BCUT2D eigenvalue weighted by Gasteiger charge is 2.06. The minimum Gasteiger partial charge on any atom is -0.370 e. The summed E-state index contributed by atoms with van der Waals surface area (Å²) >= 11 is 9.11. The van der Waals surface area contributed by atoms with Gasteiger partial charge in [0.05, 0.1) is 12.3 Å². The van der Waals surface area contributed by atoms with Crippen molar-refractivity contribution < 1.29 is 9.53 Å². The Balaban J connectivity index is 2.52. The van der Waals surface area contributed by atoms with Gasteiger partial charge in [-0.3, -0.25) is 4.79 Å². The van der Waals surface area contributed by atoms with Crippen LogP contribution in [-0.2, 0) is 9.53 Å². The molecule has 6 heteroatoms. The van der Waals surface area contributed by atoms with Gasteiger partial charge >= 0.3 is 0 Å². The predicted octanol–water partition coefficient (Wildman–Crippen LogP) is 2.02. The molecule has 0 bridgehead atoms. The van der Waals surface area contributed by atoms with Crippen LogP contribution in [0.2, 0.25) is 5.02 Å². The van der Waals surface area contributed by atoms with Crippen LogP contribution in [0, 0.1) is 0 Å². The number of carbonyl (C=O) groups is 1. The summed E-state index contributed by atoms with van der Waals surface area (Å²) in [4.78, 5) is 11.4. The summed E-state index contributed by atoms with van der Waals surface area (Å²) in [7, 11) is 0. The topological polar surface area (TPSA) is 64.3 Å². The Morgan fingerprint density at radius 3 is 3.00 bits per heavy atom. The largest absolute Gasteiger partial charge is 0.370 e. The van der Waals surface area contributed by atoms with Gasteiger partial charge in [-0.25, -0.2) is 0 Å². The van der Waals surface area contributed by atoms with Crippen LogP contribution in [0.4, 0.5) is 5.69 Å². The van der Waals surface area contributed by atoms with Crippen LogP contribution in [-0.4, -0.2) is 25.7 Å². The fraction of sp³-hybridized carbons (Fsp3) is 0.300. The van der Waals surface area contributed by atoms with Gasteiger partial charge in [0.1, 0.15) is 6.61 Å². The minimum absolute atomic E-state index is 0.0177. The Morgan fingerprint density at radius 1 is 1.56 bits per heavy atom. The van der Waals surface area contributed by atoms with E-state index >= 15 is 0 Å². The van der Waals surface area contributed by atoms with Crippen molar-refractivity contribution in [2.45, 2.75) is 0 Å². The number of nitrogens with one attached hydrogen (secondary N) is 1. The second-order valence-electron chi connectivity index (χ2n) is 3.01. The summed E-state index contributed by atoms with van der Waals surface area (Å²) in [5.41, 5.74) is 5.85. The fourth-order valence-corrected chi connectivity index (χ4v) is 1.55. The van der Waals surface area contributed by atoms with Crippen molar-refractivity contribution in [1.82, 2.24) is 0 Å². The lowest BCUT2D eigenvalue weighted by molar-refractivity contribution is -0.120. The Morgan fingerprint density at radius 2 is 2.31 bits per heavy atom. The maximum absolute atomic E-state index is 11.4. The number of ether oxygens (including phenoxy) is 1. The number of rotatable bonds is 5. The van der Waals surface area contributed by atoms with Gasteiger partial charge in [-0.15, -0.1) is 0 Å². The molecule has 0 aliphatic heterocycles. The smallest absolute Gasteiger partial charge is 0.250 e. The number of halogens is 2. The van der Waals surface area contributed by atoms with Gasteiger partial charge in [0.15, 0.2) is 0 Å². The number of benzene rings is 1. The molecule has 0 aliphatic rings. The fourth-order valence-electron chi connectivity index (χ4n) is 1.03. The number of carbonyl (C=O) groups excluding carboxylic acids is 1. The van der Waals surface area contributed by atoms with Crippen LogP contribution in [0.3, 0.4) is 0 Å². The molecule has 0 unspecified atom stereocenters. The first-order valence-electron chi connectivity index (χ1n) is 4.66. The standard InChI is InChI=1S/C10H12BrClN2O2/c11-8-2-1-7(12)5-9(8)14-10(15)6-16-4-3-13/h1-2,5H,3-4,6,13H2,(H,14,15). The van der Waals surface area contributed by atoms with Crippen LogP contribution in [0.1, 0.15) is 0 Å². The number of hydrogen-bond donors (Lipinski definition) is 2. The zero-order chi connectivity index (χ0) is 12.0. The van der Waals surface area contributed by atoms with Crippen molar-refractivity contribution in [3.63, 3.8) is 0 Å². The first-order valence-corrected chi connectivity index (χ1v) is 5.83. The molecule has 88 valence electrons. The third-order valence-electron chi connectivity index (χ3n) is 1.70. The van der Waals surface area contributed by atoms with E-state index in [9.17, 15) is 4.79 Å². The van der Waals surface area contributed by atoms with E-state index < -0.39 is 0 Å². The SMILES string of the molecule is NCCOCC(=O)Nc1cc(Cl)ccc1Br. The monoisotopic (exact) mass is 306 g/mol. The second-order valence-corrected chi connectivity index (χ2v) is 4.30. The van der Waals surface area contributed by atoms with Crippen LogP contribution in [0.15, 0.2) is 22.7 Å². The summed E-state index contributed by atoms with van der Waals surface area (Å²) < 4.78 is 5.77. The van der Waals surface area contributed by atoms with E-state index in [1.807, 2.05) is 0 Å². The molecular weight excluding hydrogens is 295 g/mol. The van der Waals surface area contributed by atoms with Crippen LogP contribution in [0.25, 0.3) is 0 Å². The van der Waals surface area contributed by atoms with Gasteiger partial charge in [0.2, 0.25) is 5.91 Å². The minimum atomic E-state index is -0.239. The predicted molar refractivity (Wildman–Crippen MR) is 67.7 cm³/mol. The normalized spacial score (nSPS) is 10.2. The Hall–Kier alpha value is -0.620. The molecule has 1 aromatic carbocycles. The summed E-state index contributed by atoms with van der Waals surface area (Å²) in [6.07, 6.45) is 0. The molecule has 0 aliphatic carbocycles. The zero-order valence-electron chi connectivity index (χ0n) is 8.50. The Labute approximate surface area is 107 Å². The maximum Gasteiger partial charge on any atom is 0.250 e. The Kier molecular flexibility index (Phi) is 5.76. The van der Waals surface area contributed by atoms with E-state index in [4.69, 9.17) is 22.1 Å². The van der Waals surface area contributed by atoms with Gasteiger partial charge in [-0.05, 0) is 34.1 Å². The molecular formula is C10H12BrClN2O2. The van der Waals surface area contributed by atoms with Gasteiger partial charge in [0, 0.05) is 16.0 Å². The quantitative estimate of drug-likeness (QED) is 0.818. The van der Waals surface area contributed by atoms with Crippen LogP contribution >= 0.6 is 27.5 Å². The van der Waals surface area contributed by atoms with Crippen molar-refractivity contribution >= 4 is 39.1 Å². The molecule has 1 amide bonds. The number of amides is 1. The summed E-state index contributed by atoms with van der Waals surface area (Å²) in [5.74, 6) is -0.239. The average molecular weight is 308 g/mol. The highest BCUT2D eigenvalue weighted by molar-refractivity contribution is 9.10. The van der Waals surface area contributed by atoms with Crippen molar-refractivity contribution in [1.29, 1.82) is 0 Å². The third-order valence-corrected chi connectivity index (χ3v) is 2.62. The first-order chi connectivity index (χ1) is 7.63. The lowest BCUT2D eigenvalue weighted by Crippen LogP contribution is -2.20. The van der Waals surface area contributed by atoms with Crippen LogP contribution < -0.4 is 11.1 Å². The van der Waals surface area contributed by atoms with E-state index in [0.29, 0.717) is 23.9 Å². The molecule has 0 spiro atoms. The van der Waals surface area contributed by atoms with E-state index in [2.05, 4.69) is 21.2 Å². The molecule has 16 heavy (non-hydrogen) atoms. The molecule has 1 rings (SSSR count). The molecule has 4 nitrogen and oxygen atoms in total. The molecule has 0 saturated heterocycles. The van der Waals surface area contributed by atoms with Gasteiger partial charge < -0.3 is 15.8 Å². The summed E-state index contributed by atoms with van der Waals surface area (Å²) in [6.45, 7) is 0.744. The number of anilines is 1. The van der Waals surface area contributed by atoms with Crippen molar-refractivity contribution in [2.75, 3.05) is 25.1 Å². The molecule has 0 aromatic heterocycles. The van der Waals surface area contributed by atoms with Gasteiger partial charge in [-0.2, -0.15) is 0 Å². The molecule has 0 fully saturated rings. The van der Waals surface area contributed by atoms with E-state index in [1.54, 1.807) is 18.2 Å². The van der Waals surface area contributed by atoms with Crippen molar-refractivity contribution in [3.05, 3.63) is 27.7 Å². The zero-order valence-corrected chi connectivity index (χ0v) is 10.8. The highest BCUT2D eigenvalue weighted by Crippen LogP contribution is 2.25. The molecule has 3 N–H and O–H groups in total. The summed E-state index contributed by atoms with van der Waals surface area (Å²) in [6, 6.07) is 5.15. The first kappa shape index (κ1) is 13.4. The molecule has 1 aromatic rings. The summed E-state index contributed by atoms with van der Waals surface area (Å²) in [5, 5.41) is 3.23. The third kappa shape index (κ3) is 4.49. The maximum atomic E-state index is 11.4. The van der Waals surface area contributed by atoms with Crippen molar-refractivity contribution in [3.8, 4) is 0 Å². The van der Waals surface area contributed by atoms with Crippen LogP contribution in [0.5, 0.6) is 0 Å². The molecule has 0 heterocycles. The number of nitrogens with two attached hydrogens (primary N) is 1. The Bertz CT molecular complexity index is 374. The van der Waals surface area contributed by atoms with E-state index in [0.717, 1.165) is 4.47 Å². The number of hydrogen-bond acceptors (Lipinski definition) is 3. The lowest BCUT2D eigenvalue weighted by Gasteiger charge is -2.07. The average Bonchev–Trinajstić information content (AvgIpc) is 2.24. The lowest BCUT2D eigenvalue weighted by atomic mass is 10.3. The molecule has 0 radical (unpaired) electrons. The van der Waals surface area contributed by atoms with E-state index in [-0.39, 0.29) is 12.5 Å². The second kappa shape index (κ2) is 6.85. The van der Waals surface area contributed by atoms with E-state index in [1.165, 1.54) is 0 Å². The highest BCUT2D eigenvalue weighted by atomic mass is 79.9. The van der Waals surface area contributed by atoms with Gasteiger partial charge in [0.25, 0.3) is 0 Å². The molecule has 0 saturated carbocycles. The van der Waals surface area contributed by atoms with Gasteiger partial charge in [-0.1, -0.05) is 11.6 Å². The molecule has 0 atom stereocenters. The van der Waals surface area contributed by atoms with Crippen molar-refractivity contribution in [2.24, 2.45) is 5.73 Å².